The fourth-order valence-electron chi connectivity index (χ4n) is 4.49. The van der Waals surface area contributed by atoms with Gasteiger partial charge >= 0.3 is 5.97 Å². The average molecular weight is 407 g/mol. The van der Waals surface area contributed by atoms with E-state index < -0.39 is 17.9 Å². The largest absolute Gasteiger partial charge is 0.480 e. The van der Waals surface area contributed by atoms with Crippen LogP contribution in [-0.2, 0) is 16.0 Å². The molecule has 1 aliphatic carbocycles. The molecule has 0 spiro atoms. The third kappa shape index (κ3) is 3.46. The van der Waals surface area contributed by atoms with Gasteiger partial charge in [-0.2, -0.15) is 0 Å². The van der Waals surface area contributed by atoms with Gasteiger partial charge in [-0.15, -0.1) is 0 Å². The fourth-order valence-corrected chi connectivity index (χ4v) is 4.49. The van der Waals surface area contributed by atoms with E-state index in [0.717, 1.165) is 38.6 Å². The molecule has 0 fully saturated rings. The Hall–Kier alpha value is -3.92. The molecule has 1 atom stereocenters. The number of hydrogen-bond donors (Lipinski definition) is 2. The third-order valence-corrected chi connectivity index (χ3v) is 5.96. The Morgan fingerprint density at radius 1 is 0.774 bits per heavy atom. The molecule has 0 saturated carbocycles. The first kappa shape index (κ1) is 19.1. The first-order chi connectivity index (χ1) is 15.1. The molecule has 0 aliphatic heterocycles. The summed E-state index contributed by atoms with van der Waals surface area (Å²) >= 11 is 0. The van der Waals surface area contributed by atoms with Crippen LogP contribution < -0.4 is 5.32 Å². The SMILES string of the molecule is O=C(N[C@H](Cc1ccc2ccccc2c1)C(=O)O)C1c2ccccc2-c2ccccc21. The number of carbonyl (C=O) groups excluding carboxylic acids is 1. The Balaban J connectivity index is 1.43. The van der Waals surface area contributed by atoms with Crippen LogP contribution in [0.3, 0.4) is 0 Å². The van der Waals surface area contributed by atoms with E-state index in [2.05, 4.69) is 5.32 Å². The van der Waals surface area contributed by atoms with Crippen LogP contribution in [0.15, 0.2) is 91.0 Å². The molecule has 1 aliphatic rings. The number of carboxylic acid groups (broad SMARTS) is 1. The van der Waals surface area contributed by atoms with E-state index in [1.54, 1.807) is 0 Å². The van der Waals surface area contributed by atoms with Gasteiger partial charge in [0, 0.05) is 6.42 Å². The van der Waals surface area contributed by atoms with Crippen molar-refractivity contribution < 1.29 is 14.7 Å². The van der Waals surface area contributed by atoms with E-state index in [9.17, 15) is 14.7 Å². The van der Waals surface area contributed by atoms with Gasteiger partial charge < -0.3 is 10.4 Å². The minimum absolute atomic E-state index is 0.224. The standard InChI is InChI=1S/C27H21NO3/c29-26(25-22-11-5-3-9-20(22)21-10-4-6-12-23(21)25)28-24(27(30)31)16-17-13-14-18-7-1-2-8-19(18)15-17/h1-15,24-25H,16H2,(H,28,29)(H,30,31)/t24-/m1/s1. The molecule has 5 rings (SSSR count). The zero-order valence-electron chi connectivity index (χ0n) is 16.8. The molecule has 0 aromatic heterocycles. The molecule has 1 amide bonds. The van der Waals surface area contributed by atoms with Gasteiger partial charge in [-0.3, -0.25) is 4.79 Å². The van der Waals surface area contributed by atoms with E-state index in [1.807, 2.05) is 91.0 Å². The van der Waals surface area contributed by atoms with Gasteiger partial charge in [0.1, 0.15) is 6.04 Å². The number of fused-ring (bicyclic) bond motifs is 4. The van der Waals surface area contributed by atoms with Gasteiger partial charge in [0.15, 0.2) is 0 Å². The van der Waals surface area contributed by atoms with Crippen LogP contribution >= 0.6 is 0 Å². The molecule has 0 radical (unpaired) electrons. The maximum Gasteiger partial charge on any atom is 0.326 e. The summed E-state index contributed by atoms with van der Waals surface area (Å²) in [6, 6.07) is 28.5. The molecule has 4 nitrogen and oxygen atoms in total. The van der Waals surface area contributed by atoms with Gasteiger partial charge in [-0.1, -0.05) is 91.0 Å². The Kier molecular flexibility index (Phi) is 4.75. The minimum atomic E-state index is -1.04. The second-order valence-electron chi connectivity index (χ2n) is 7.89. The van der Waals surface area contributed by atoms with Crippen molar-refractivity contribution in [3.05, 3.63) is 108 Å². The van der Waals surface area contributed by atoms with Crippen molar-refractivity contribution in [2.45, 2.75) is 18.4 Å². The maximum atomic E-state index is 13.3. The van der Waals surface area contributed by atoms with Crippen molar-refractivity contribution in [3.63, 3.8) is 0 Å². The van der Waals surface area contributed by atoms with Crippen molar-refractivity contribution in [2.75, 3.05) is 0 Å². The van der Waals surface area contributed by atoms with Crippen molar-refractivity contribution in [3.8, 4) is 11.1 Å². The van der Waals surface area contributed by atoms with Crippen LogP contribution in [0.1, 0.15) is 22.6 Å². The molecule has 0 unspecified atom stereocenters. The van der Waals surface area contributed by atoms with Crippen molar-refractivity contribution >= 4 is 22.6 Å². The van der Waals surface area contributed by atoms with E-state index in [1.165, 1.54) is 0 Å². The molecule has 0 saturated heterocycles. The lowest BCUT2D eigenvalue weighted by molar-refractivity contribution is -0.141. The molecule has 4 heteroatoms. The summed E-state index contributed by atoms with van der Waals surface area (Å²) in [4.78, 5) is 25.3. The predicted molar refractivity (Wildman–Crippen MR) is 121 cm³/mol. The Labute approximate surface area is 180 Å². The van der Waals surface area contributed by atoms with Crippen molar-refractivity contribution in [2.24, 2.45) is 0 Å². The molecule has 31 heavy (non-hydrogen) atoms. The highest BCUT2D eigenvalue weighted by Crippen LogP contribution is 2.44. The van der Waals surface area contributed by atoms with Gasteiger partial charge in [0.05, 0.1) is 5.92 Å². The lowest BCUT2D eigenvalue weighted by atomic mass is 9.95. The van der Waals surface area contributed by atoms with Gasteiger partial charge in [-0.05, 0) is 38.6 Å². The molecule has 4 aromatic carbocycles. The van der Waals surface area contributed by atoms with E-state index >= 15 is 0 Å². The van der Waals surface area contributed by atoms with Crippen LogP contribution in [0.4, 0.5) is 0 Å². The van der Waals surface area contributed by atoms with E-state index in [-0.39, 0.29) is 12.3 Å². The van der Waals surface area contributed by atoms with Crippen molar-refractivity contribution in [1.82, 2.24) is 5.32 Å². The summed E-state index contributed by atoms with van der Waals surface area (Å²) in [7, 11) is 0. The zero-order chi connectivity index (χ0) is 21.4. The highest BCUT2D eigenvalue weighted by molar-refractivity contribution is 5.97. The van der Waals surface area contributed by atoms with E-state index in [0.29, 0.717) is 0 Å². The van der Waals surface area contributed by atoms with Gasteiger partial charge in [0.25, 0.3) is 0 Å². The van der Waals surface area contributed by atoms with Crippen LogP contribution in [0.2, 0.25) is 0 Å². The molecule has 0 heterocycles. The smallest absolute Gasteiger partial charge is 0.326 e. The molecule has 0 bridgehead atoms. The molecule has 152 valence electrons. The van der Waals surface area contributed by atoms with Gasteiger partial charge in [0.2, 0.25) is 5.91 Å². The van der Waals surface area contributed by atoms with Crippen LogP contribution in [0.25, 0.3) is 21.9 Å². The first-order valence-electron chi connectivity index (χ1n) is 10.3. The summed E-state index contributed by atoms with van der Waals surface area (Å²) in [6.07, 6.45) is 0.224. The minimum Gasteiger partial charge on any atom is -0.480 e. The summed E-state index contributed by atoms with van der Waals surface area (Å²) in [5, 5.41) is 14.8. The highest BCUT2D eigenvalue weighted by atomic mass is 16.4. The van der Waals surface area contributed by atoms with Crippen LogP contribution in [0, 0.1) is 0 Å². The topological polar surface area (TPSA) is 66.4 Å². The highest BCUT2D eigenvalue weighted by Gasteiger charge is 2.35. The monoisotopic (exact) mass is 407 g/mol. The second kappa shape index (κ2) is 7.73. The second-order valence-corrected chi connectivity index (χ2v) is 7.89. The maximum absolute atomic E-state index is 13.3. The van der Waals surface area contributed by atoms with Crippen LogP contribution in [-0.4, -0.2) is 23.0 Å². The number of nitrogens with one attached hydrogen (secondary N) is 1. The van der Waals surface area contributed by atoms with Gasteiger partial charge in [-0.25, -0.2) is 4.79 Å². The lowest BCUT2D eigenvalue weighted by Crippen LogP contribution is -2.44. The molecular formula is C27H21NO3. The van der Waals surface area contributed by atoms with Crippen LogP contribution in [0.5, 0.6) is 0 Å². The Morgan fingerprint density at radius 2 is 1.35 bits per heavy atom. The molecule has 4 aromatic rings. The number of hydrogen-bond acceptors (Lipinski definition) is 2. The normalized spacial score (nSPS) is 13.4. The zero-order valence-corrected chi connectivity index (χ0v) is 16.8. The average Bonchev–Trinajstić information content (AvgIpc) is 3.13. The molecule has 2 N–H and O–H groups in total. The number of rotatable bonds is 5. The molecular weight excluding hydrogens is 386 g/mol. The number of amides is 1. The first-order valence-corrected chi connectivity index (χ1v) is 10.3. The predicted octanol–water partition coefficient (Wildman–Crippen LogP) is 4.76. The third-order valence-electron chi connectivity index (χ3n) is 5.96. The summed E-state index contributed by atoms with van der Waals surface area (Å²) in [5.74, 6) is -1.84. The quantitative estimate of drug-likeness (QED) is 0.501. The lowest BCUT2D eigenvalue weighted by Gasteiger charge is -2.19. The summed E-state index contributed by atoms with van der Waals surface area (Å²) in [6.45, 7) is 0. The Morgan fingerprint density at radius 3 is 2.00 bits per heavy atom. The Bertz CT molecular complexity index is 1270. The number of benzene rings is 4. The number of carboxylic acids is 1. The summed E-state index contributed by atoms with van der Waals surface area (Å²) in [5.41, 5.74) is 4.75. The fraction of sp³-hybridized carbons (Fsp3) is 0.111. The number of carbonyl (C=O) groups is 2. The number of aliphatic carboxylic acids is 1. The van der Waals surface area contributed by atoms with E-state index in [4.69, 9.17) is 0 Å². The summed E-state index contributed by atoms with van der Waals surface area (Å²) < 4.78 is 0. The van der Waals surface area contributed by atoms with Crippen molar-refractivity contribution in [1.29, 1.82) is 0 Å².